The Morgan fingerprint density at radius 3 is 1.18 bits per heavy atom. The summed E-state index contributed by atoms with van der Waals surface area (Å²) in [7, 11) is 17.0. The SMILES string of the molecule is CC(CCN(C)C)N(C)C.CN(C)CCCCCCN(C)C. The molecule has 0 fully saturated rings. The Labute approximate surface area is 141 Å². The molecule has 0 aromatic carbocycles. The van der Waals surface area contributed by atoms with Crippen LogP contribution < -0.4 is 0 Å². The third kappa shape index (κ3) is 22.1. The molecule has 0 saturated heterocycles. The summed E-state index contributed by atoms with van der Waals surface area (Å²) < 4.78 is 0. The predicted molar refractivity (Wildman–Crippen MR) is 102 cm³/mol. The van der Waals surface area contributed by atoms with E-state index in [0.29, 0.717) is 6.04 Å². The van der Waals surface area contributed by atoms with Crippen LogP contribution in [0, 0.1) is 0 Å². The van der Waals surface area contributed by atoms with Crippen molar-refractivity contribution < 1.29 is 0 Å². The van der Waals surface area contributed by atoms with E-state index in [1.54, 1.807) is 0 Å². The van der Waals surface area contributed by atoms with E-state index in [9.17, 15) is 0 Å². The molecular weight excluding hydrogens is 272 g/mol. The highest BCUT2D eigenvalue weighted by Gasteiger charge is 2.03. The number of rotatable bonds is 11. The lowest BCUT2D eigenvalue weighted by molar-refractivity contribution is 0.267. The van der Waals surface area contributed by atoms with Crippen LogP contribution in [0.15, 0.2) is 0 Å². The third-order valence-corrected chi connectivity index (χ3v) is 3.84. The third-order valence-electron chi connectivity index (χ3n) is 3.84. The van der Waals surface area contributed by atoms with Crippen molar-refractivity contribution in [3.05, 3.63) is 0 Å². The van der Waals surface area contributed by atoms with Gasteiger partial charge in [-0.15, -0.1) is 0 Å². The Kier molecular flexibility index (Phi) is 17.2. The Morgan fingerprint density at radius 2 is 0.909 bits per heavy atom. The maximum atomic E-state index is 2.26. The first-order chi connectivity index (χ1) is 10.2. The highest BCUT2D eigenvalue weighted by molar-refractivity contribution is 4.60. The summed E-state index contributed by atoms with van der Waals surface area (Å²) in [4.78, 5) is 8.99. The van der Waals surface area contributed by atoms with E-state index in [2.05, 4.69) is 82.9 Å². The molecule has 0 amide bonds. The highest BCUT2D eigenvalue weighted by Crippen LogP contribution is 2.00. The first kappa shape index (κ1) is 24.1. The van der Waals surface area contributed by atoms with E-state index < -0.39 is 0 Å². The van der Waals surface area contributed by atoms with E-state index in [0.717, 1.165) is 0 Å². The second-order valence-electron chi connectivity index (χ2n) is 7.43. The second-order valence-corrected chi connectivity index (χ2v) is 7.43. The topological polar surface area (TPSA) is 13.0 Å². The van der Waals surface area contributed by atoms with E-state index in [1.165, 1.54) is 51.7 Å². The van der Waals surface area contributed by atoms with Gasteiger partial charge in [-0.2, -0.15) is 0 Å². The molecule has 0 rings (SSSR count). The van der Waals surface area contributed by atoms with Crippen molar-refractivity contribution in [1.29, 1.82) is 0 Å². The quantitative estimate of drug-likeness (QED) is 0.543. The number of hydrogen-bond donors (Lipinski definition) is 0. The van der Waals surface area contributed by atoms with Gasteiger partial charge in [0.1, 0.15) is 0 Å². The molecule has 22 heavy (non-hydrogen) atoms. The van der Waals surface area contributed by atoms with Crippen LogP contribution in [0.5, 0.6) is 0 Å². The zero-order valence-electron chi connectivity index (χ0n) is 17.0. The molecule has 0 aliphatic carbocycles. The van der Waals surface area contributed by atoms with Crippen molar-refractivity contribution in [2.45, 2.75) is 45.1 Å². The molecule has 1 unspecified atom stereocenters. The lowest BCUT2D eigenvalue weighted by Crippen LogP contribution is -2.28. The van der Waals surface area contributed by atoms with Crippen molar-refractivity contribution >= 4 is 0 Å². The summed E-state index contributed by atoms with van der Waals surface area (Å²) in [6, 6.07) is 0.697. The monoisotopic (exact) mass is 316 g/mol. The van der Waals surface area contributed by atoms with Crippen molar-refractivity contribution in [2.24, 2.45) is 0 Å². The van der Waals surface area contributed by atoms with Crippen molar-refractivity contribution in [3.63, 3.8) is 0 Å². The summed E-state index contributed by atoms with van der Waals surface area (Å²) in [6.07, 6.45) is 6.71. The summed E-state index contributed by atoms with van der Waals surface area (Å²) in [6.45, 7) is 5.91. The second kappa shape index (κ2) is 15.7. The minimum atomic E-state index is 0.697. The summed E-state index contributed by atoms with van der Waals surface area (Å²) in [5.74, 6) is 0. The molecule has 0 heterocycles. The van der Waals surface area contributed by atoms with Gasteiger partial charge in [-0.05, 0) is 102 Å². The maximum absolute atomic E-state index is 2.26. The molecular formula is C18H44N4. The number of hydrogen-bond acceptors (Lipinski definition) is 4. The minimum Gasteiger partial charge on any atom is -0.309 e. The molecule has 1 atom stereocenters. The van der Waals surface area contributed by atoms with Crippen LogP contribution in [0.4, 0.5) is 0 Å². The lowest BCUT2D eigenvalue weighted by atomic mass is 10.2. The van der Waals surface area contributed by atoms with Gasteiger partial charge in [0.05, 0.1) is 0 Å². The molecule has 136 valence electrons. The van der Waals surface area contributed by atoms with Gasteiger partial charge in [0.15, 0.2) is 0 Å². The molecule has 0 spiro atoms. The first-order valence-electron chi connectivity index (χ1n) is 8.77. The van der Waals surface area contributed by atoms with Crippen LogP contribution in [0.2, 0.25) is 0 Å². The fourth-order valence-corrected chi connectivity index (χ4v) is 1.91. The van der Waals surface area contributed by atoms with Crippen molar-refractivity contribution in [2.75, 3.05) is 76.0 Å². The Hall–Kier alpha value is -0.160. The molecule has 4 nitrogen and oxygen atoms in total. The number of unbranched alkanes of at least 4 members (excludes halogenated alkanes) is 3. The fraction of sp³-hybridized carbons (Fsp3) is 1.00. The molecule has 0 N–H and O–H groups in total. The standard InChI is InChI=1S/C10H24N2.C8H20N2/c1-11(2)9-7-5-6-8-10-12(3)4;1-8(10(4)5)6-7-9(2)3/h5-10H2,1-4H3;8H,6-7H2,1-5H3. The Bertz CT molecular complexity index is 203. The highest BCUT2D eigenvalue weighted by atomic mass is 15.1. The van der Waals surface area contributed by atoms with E-state index in [-0.39, 0.29) is 0 Å². The van der Waals surface area contributed by atoms with Gasteiger partial charge >= 0.3 is 0 Å². The molecule has 0 radical (unpaired) electrons. The smallest absolute Gasteiger partial charge is 0.00730 e. The van der Waals surface area contributed by atoms with Gasteiger partial charge in [0.2, 0.25) is 0 Å². The van der Waals surface area contributed by atoms with Crippen molar-refractivity contribution in [3.8, 4) is 0 Å². The molecule has 4 heteroatoms. The zero-order valence-corrected chi connectivity index (χ0v) is 17.0. The summed E-state index contributed by atoms with van der Waals surface area (Å²) >= 11 is 0. The van der Waals surface area contributed by atoms with Gasteiger partial charge in [0.25, 0.3) is 0 Å². The normalized spacial score (nSPS) is 13.0. The first-order valence-corrected chi connectivity index (χ1v) is 8.77. The van der Waals surface area contributed by atoms with Gasteiger partial charge in [-0.1, -0.05) is 12.8 Å². The van der Waals surface area contributed by atoms with Crippen LogP contribution in [0.25, 0.3) is 0 Å². The van der Waals surface area contributed by atoms with E-state index in [1.807, 2.05) is 0 Å². The number of nitrogens with zero attached hydrogens (tertiary/aromatic N) is 4. The molecule has 0 aromatic rings. The van der Waals surface area contributed by atoms with Crippen molar-refractivity contribution in [1.82, 2.24) is 19.6 Å². The van der Waals surface area contributed by atoms with E-state index in [4.69, 9.17) is 0 Å². The average molecular weight is 317 g/mol. The fourth-order valence-electron chi connectivity index (χ4n) is 1.91. The Morgan fingerprint density at radius 1 is 0.545 bits per heavy atom. The molecule has 0 bridgehead atoms. The van der Waals surface area contributed by atoms with Crippen LogP contribution >= 0.6 is 0 Å². The van der Waals surface area contributed by atoms with Gasteiger partial charge in [-0.25, -0.2) is 0 Å². The van der Waals surface area contributed by atoms with E-state index >= 15 is 0 Å². The Balaban J connectivity index is 0. The minimum absolute atomic E-state index is 0.697. The summed E-state index contributed by atoms with van der Waals surface area (Å²) in [5, 5.41) is 0. The summed E-state index contributed by atoms with van der Waals surface area (Å²) in [5.41, 5.74) is 0. The van der Waals surface area contributed by atoms with Gasteiger partial charge in [-0.3, -0.25) is 0 Å². The largest absolute Gasteiger partial charge is 0.309 e. The van der Waals surface area contributed by atoms with Crippen LogP contribution in [-0.2, 0) is 0 Å². The van der Waals surface area contributed by atoms with Gasteiger partial charge in [0, 0.05) is 6.04 Å². The van der Waals surface area contributed by atoms with Gasteiger partial charge < -0.3 is 19.6 Å². The molecule has 0 saturated carbocycles. The lowest BCUT2D eigenvalue weighted by Gasteiger charge is -2.21. The van der Waals surface area contributed by atoms with Crippen LogP contribution in [0.1, 0.15) is 39.0 Å². The van der Waals surface area contributed by atoms with Crippen LogP contribution in [0.3, 0.4) is 0 Å². The maximum Gasteiger partial charge on any atom is 0.00730 e. The molecule has 0 aliphatic rings. The van der Waals surface area contributed by atoms with Crippen LogP contribution in [-0.4, -0.2) is 102 Å². The average Bonchev–Trinajstić information content (AvgIpc) is 2.39. The molecule has 0 aromatic heterocycles. The zero-order chi connectivity index (χ0) is 17.5. The predicted octanol–water partition coefficient (Wildman–Crippen LogP) is 2.56. The molecule has 0 aliphatic heterocycles.